The van der Waals surface area contributed by atoms with Gasteiger partial charge in [0.25, 0.3) is 0 Å². The standard InChI is InChI=1S/C17H30N2.2C16H29N3.C14H23N3.C13H22N2.2C12H21N3.2CH4/c1-11(2)16-9-15-8-13(5)14(6)10-17(7,12(3)4)19(15)18-16;1-10(2)14-17-15-16(7,11(3)4)8-12(5)13(6)9-19(15)18-14;1-10(2)15-17-14-8-12(5)13(6)9-16(7,11(3)4)19(14)18-15;1-10(2)12-15-13-14(5,11(3)4)8-6-7-9-17(13)16-12;1-9(2)12-8-11-6-5-7-13(10(3)4)15(11)14-12;1-8(2)10-6-5-7-15-12(10)13-11(14-15)9(3)4;1-8(2)10-6-5-7-11-13-12(9(3)4)14-15(10)11;;/h9,11-14H,8,10H2,1-7H3;2*10-13H,8-9H2,1-7H3;6-7,10-11H,8-9H2,1-5H3;8-10,13H,5-7H2,1-4H3;2*8-10H,5-7H2,1-4H3;2*1H4. The van der Waals surface area contributed by atoms with Crippen LogP contribution < -0.4 is 0 Å². The maximum absolute atomic E-state index is 4.97. The van der Waals surface area contributed by atoms with Crippen LogP contribution in [0.4, 0.5) is 0 Å². The van der Waals surface area contributed by atoms with Crippen molar-refractivity contribution in [1.82, 2.24) is 93.4 Å². The lowest BCUT2D eigenvalue weighted by atomic mass is 9.71. The number of aromatic nitrogens is 19. The molecule has 19 nitrogen and oxygen atoms in total. The summed E-state index contributed by atoms with van der Waals surface area (Å²) in [6.07, 6.45) is 21.4. The molecule has 13 atom stereocenters. The zero-order valence-electron chi connectivity index (χ0n) is 83.1. The van der Waals surface area contributed by atoms with Crippen LogP contribution in [0, 0.1) is 76.9 Å². The molecule has 0 aliphatic carbocycles. The highest BCUT2D eigenvalue weighted by atomic mass is 15.4. The van der Waals surface area contributed by atoms with Crippen LogP contribution >= 0.6 is 0 Å². The van der Waals surface area contributed by atoms with E-state index in [9.17, 15) is 0 Å². The van der Waals surface area contributed by atoms with E-state index in [1.165, 1.54) is 117 Å². The van der Waals surface area contributed by atoms with Gasteiger partial charge in [-0.3, -0.25) is 9.36 Å². The summed E-state index contributed by atoms with van der Waals surface area (Å²) in [5.74, 6) is 23.4. The van der Waals surface area contributed by atoms with Crippen molar-refractivity contribution in [3.05, 3.63) is 105 Å². The van der Waals surface area contributed by atoms with Crippen molar-refractivity contribution in [2.24, 2.45) is 76.9 Å². The highest BCUT2D eigenvalue weighted by Crippen LogP contribution is 2.46. The molecular weight excluding hydrogens is 1490 g/mol. The summed E-state index contributed by atoms with van der Waals surface area (Å²) < 4.78 is 15.5. The molecule has 14 heterocycles. The van der Waals surface area contributed by atoms with Gasteiger partial charge >= 0.3 is 0 Å². The first kappa shape index (κ1) is 104. The van der Waals surface area contributed by atoms with Crippen LogP contribution in [-0.2, 0) is 67.2 Å². The quantitative estimate of drug-likeness (QED) is 0.0938. The molecule has 0 fully saturated rings. The first-order valence-corrected chi connectivity index (χ1v) is 48.1. The number of hydrogen-bond acceptors (Lipinski definition) is 12. The third-order valence-corrected chi connectivity index (χ3v) is 29.6. The minimum Gasteiger partial charge on any atom is -0.266 e. The van der Waals surface area contributed by atoms with Gasteiger partial charge in [-0.15, -0.1) is 0 Å². The summed E-state index contributed by atoms with van der Waals surface area (Å²) in [5, 5.41) is 33.3. The van der Waals surface area contributed by atoms with E-state index in [4.69, 9.17) is 40.3 Å². The smallest absolute Gasteiger partial charge is 0.153 e. The molecular formula is C102H183N19. The third kappa shape index (κ3) is 24.2. The van der Waals surface area contributed by atoms with Crippen LogP contribution in [-0.4, -0.2) is 93.4 Å². The fraction of sp³-hybridized carbons (Fsp3) is 0.824. The van der Waals surface area contributed by atoms with Gasteiger partial charge < -0.3 is 0 Å². The van der Waals surface area contributed by atoms with Gasteiger partial charge in [-0.25, -0.2) is 48.3 Å². The van der Waals surface area contributed by atoms with Gasteiger partial charge in [0.15, 0.2) is 29.1 Å². The molecule has 7 aliphatic rings. The van der Waals surface area contributed by atoms with Gasteiger partial charge in [0, 0.05) is 83.7 Å². The van der Waals surface area contributed by atoms with E-state index < -0.39 is 0 Å². The Balaban J connectivity index is 0.000000219. The highest BCUT2D eigenvalue weighted by Gasteiger charge is 2.45. The zero-order valence-corrected chi connectivity index (χ0v) is 83.1. The first-order chi connectivity index (χ1) is 55.5. The van der Waals surface area contributed by atoms with E-state index in [0.29, 0.717) is 113 Å². The molecule has 0 amide bonds. The average molecular weight is 1680 g/mol. The molecule has 121 heavy (non-hydrogen) atoms. The minimum absolute atomic E-state index is 0. The predicted molar refractivity (Wildman–Crippen MR) is 508 cm³/mol. The number of rotatable bonds is 14. The van der Waals surface area contributed by atoms with Gasteiger partial charge in [0.05, 0.1) is 41.1 Å². The molecule has 14 rings (SSSR count). The third-order valence-electron chi connectivity index (χ3n) is 29.6. The fourth-order valence-corrected chi connectivity index (χ4v) is 18.6. The topological polar surface area (TPSA) is 189 Å². The minimum atomic E-state index is 0. The highest BCUT2D eigenvalue weighted by molar-refractivity contribution is 5.21. The fourth-order valence-electron chi connectivity index (χ4n) is 18.6. The van der Waals surface area contributed by atoms with E-state index in [1.54, 1.807) is 0 Å². The second-order valence-electron chi connectivity index (χ2n) is 43.8. The monoisotopic (exact) mass is 1670 g/mol. The largest absolute Gasteiger partial charge is 0.266 e. The summed E-state index contributed by atoms with van der Waals surface area (Å²) in [5.41, 5.74) is 5.91. The van der Waals surface area contributed by atoms with Gasteiger partial charge in [-0.05, 0) is 192 Å². The Morgan fingerprint density at radius 2 is 0.802 bits per heavy atom. The van der Waals surface area contributed by atoms with Gasteiger partial charge in [0.2, 0.25) is 0 Å². The number of hydrogen-bond donors (Lipinski definition) is 0. The molecule has 7 aromatic heterocycles. The van der Waals surface area contributed by atoms with E-state index in [0.717, 1.165) is 97.5 Å². The van der Waals surface area contributed by atoms with Crippen LogP contribution in [0.15, 0.2) is 24.3 Å². The molecule has 0 bridgehead atoms. The van der Waals surface area contributed by atoms with Gasteiger partial charge in [-0.2, -0.15) is 35.7 Å². The Morgan fingerprint density at radius 1 is 0.355 bits per heavy atom. The second kappa shape index (κ2) is 43.4. The molecule has 13 unspecified atom stereocenters. The van der Waals surface area contributed by atoms with Crippen molar-refractivity contribution in [2.75, 3.05) is 0 Å². The van der Waals surface area contributed by atoms with Gasteiger partial charge in [-0.1, -0.05) is 276 Å². The molecule has 686 valence electrons. The van der Waals surface area contributed by atoms with Crippen molar-refractivity contribution in [3.63, 3.8) is 0 Å². The Labute approximate surface area is 740 Å². The summed E-state index contributed by atoms with van der Waals surface area (Å²) >= 11 is 0. The summed E-state index contributed by atoms with van der Waals surface area (Å²) in [6.45, 7) is 89.3. The Bertz CT molecular complexity index is 3930. The molecule has 7 aromatic rings. The Hall–Kier alpha value is -6.14. The van der Waals surface area contributed by atoms with Crippen molar-refractivity contribution in [2.45, 2.75) is 469 Å². The predicted octanol–water partition coefficient (Wildman–Crippen LogP) is 26.5. The number of allylic oxidation sites excluding steroid dienone is 2. The van der Waals surface area contributed by atoms with Crippen LogP contribution in [0.1, 0.15) is 483 Å². The lowest BCUT2D eigenvalue weighted by Crippen LogP contribution is -2.38. The average Bonchev–Trinajstić information content (AvgIpc) is 1.62. The molecule has 0 N–H and O–H groups in total. The SMILES string of the molecule is C.C.CC(C)c1cc2n(n1)C(C(C)C)CCC2.CC(C)c1cc2n(n1)C(C)(C(C)C)CC(C)C(C)C2.CC(C)c1nc2n(n1)C(C(C)C)CCC2.CC(C)c1nc2n(n1)C(C)(C(C)C)CC(C)C(C)C2.CC(C)c1nc2n(n1)CC(C)C(C)CC2(C)C(C)C.CC(C)c1nc2n(n1)CC=CCC2(C)C(C)C.CC(C)c1nc2n(n1)CCCC2C(C)C. The molecule has 0 spiro atoms. The summed E-state index contributed by atoms with van der Waals surface area (Å²) in [6, 6.07) is 5.84. The lowest BCUT2D eigenvalue weighted by Gasteiger charge is -2.36. The Morgan fingerprint density at radius 3 is 1.31 bits per heavy atom. The van der Waals surface area contributed by atoms with Crippen LogP contribution in [0.25, 0.3) is 0 Å². The molecule has 0 saturated carbocycles. The Kier molecular flexibility index (Phi) is 37.2. The molecule has 0 aromatic carbocycles. The van der Waals surface area contributed by atoms with Crippen molar-refractivity contribution in [3.8, 4) is 0 Å². The summed E-state index contributed by atoms with van der Waals surface area (Å²) in [7, 11) is 0. The normalized spacial score (nSPS) is 26.1. The zero-order chi connectivity index (χ0) is 88.7. The van der Waals surface area contributed by atoms with E-state index in [2.05, 4.69) is 340 Å². The number of nitrogens with zero attached hydrogens (tertiary/aromatic N) is 19. The first-order valence-electron chi connectivity index (χ1n) is 48.1. The number of aryl methyl sites for hydroxylation is 3. The lowest BCUT2D eigenvalue weighted by molar-refractivity contribution is 0.150. The van der Waals surface area contributed by atoms with Crippen LogP contribution in [0.3, 0.4) is 0 Å². The molecule has 0 radical (unpaired) electrons. The maximum atomic E-state index is 4.97. The van der Waals surface area contributed by atoms with Crippen molar-refractivity contribution in [1.29, 1.82) is 0 Å². The molecule has 7 aliphatic heterocycles. The molecule has 0 saturated heterocycles. The van der Waals surface area contributed by atoms with Crippen LogP contribution in [0.5, 0.6) is 0 Å². The van der Waals surface area contributed by atoms with E-state index in [1.807, 2.05) is 0 Å². The van der Waals surface area contributed by atoms with Crippen LogP contribution in [0.2, 0.25) is 0 Å². The van der Waals surface area contributed by atoms with Gasteiger partial charge in [0.1, 0.15) is 29.1 Å². The van der Waals surface area contributed by atoms with E-state index >= 15 is 0 Å². The second-order valence-corrected chi connectivity index (χ2v) is 43.8. The maximum Gasteiger partial charge on any atom is 0.153 e. The van der Waals surface area contributed by atoms with E-state index in [-0.39, 0.29) is 36.8 Å². The van der Waals surface area contributed by atoms with Crippen molar-refractivity contribution < 1.29 is 0 Å². The number of fused-ring (bicyclic) bond motifs is 7. The summed E-state index contributed by atoms with van der Waals surface area (Å²) in [4.78, 5) is 23.9. The van der Waals surface area contributed by atoms with Crippen molar-refractivity contribution >= 4 is 0 Å². The molecule has 19 heteroatoms.